The molecule has 1 saturated heterocycles. The van der Waals surface area contributed by atoms with Crippen LogP contribution in [0.5, 0.6) is 0 Å². The van der Waals surface area contributed by atoms with Crippen LogP contribution in [-0.4, -0.2) is 21.5 Å². The monoisotopic (exact) mass is 310 g/mol. The van der Waals surface area contributed by atoms with Crippen molar-refractivity contribution in [3.05, 3.63) is 35.4 Å². The van der Waals surface area contributed by atoms with Crippen LogP contribution in [0.3, 0.4) is 0 Å². The van der Waals surface area contributed by atoms with E-state index in [2.05, 4.69) is 74.0 Å². The van der Waals surface area contributed by atoms with E-state index >= 15 is 0 Å². The van der Waals surface area contributed by atoms with Crippen LogP contribution >= 0.6 is 23.5 Å². The zero-order chi connectivity index (χ0) is 14.5. The number of hydrogen-bond acceptors (Lipinski definition) is 4. The maximum atomic E-state index is 5.84. The largest absolute Gasteiger partial charge is 0.271 e. The van der Waals surface area contributed by atoms with Crippen LogP contribution in [0.25, 0.3) is 0 Å². The van der Waals surface area contributed by atoms with Gasteiger partial charge in [-0.1, -0.05) is 51.5 Å². The third kappa shape index (κ3) is 3.94. The summed E-state index contributed by atoms with van der Waals surface area (Å²) in [6.45, 7) is 6.87. The number of nitrogens with two attached hydrogens (primary N) is 1. The van der Waals surface area contributed by atoms with Crippen LogP contribution in [-0.2, 0) is 6.42 Å². The third-order valence-corrected chi connectivity index (χ3v) is 7.50. The normalized spacial score (nSPS) is 28.3. The van der Waals surface area contributed by atoms with Crippen LogP contribution in [0.4, 0.5) is 0 Å². The Morgan fingerprint density at radius 2 is 1.95 bits per heavy atom. The maximum Gasteiger partial charge on any atom is 0.0586 e. The fraction of sp³-hybridized carbons (Fsp3) is 0.625. The molecule has 3 N–H and O–H groups in total. The smallest absolute Gasteiger partial charge is 0.0586 e. The summed E-state index contributed by atoms with van der Waals surface area (Å²) in [6.07, 6.45) is 2.35. The standard InChI is InChI=1S/C16H26N2S2/c1-4-5-13-6-8-14(9-7-13)16(18-17)15-10-19-11(2)12(3)20-15/h6-9,11-12,15-16,18H,4-5,10,17H2,1-3H3. The first-order valence-corrected chi connectivity index (χ1v) is 9.47. The minimum atomic E-state index is 0.248. The molecule has 0 saturated carbocycles. The molecule has 1 aliphatic heterocycles. The highest BCUT2D eigenvalue weighted by Crippen LogP contribution is 2.40. The molecule has 1 aromatic carbocycles. The van der Waals surface area contributed by atoms with Gasteiger partial charge in [0.2, 0.25) is 0 Å². The third-order valence-electron chi connectivity index (χ3n) is 4.00. The van der Waals surface area contributed by atoms with Gasteiger partial charge in [-0.3, -0.25) is 11.3 Å². The average Bonchev–Trinajstić information content (AvgIpc) is 2.46. The topological polar surface area (TPSA) is 38.0 Å². The Morgan fingerprint density at radius 1 is 1.25 bits per heavy atom. The number of thioether (sulfide) groups is 2. The summed E-state index contributed by atoms with van der Waals surface area (Å²) in [4.78, 5) is 0. The quantitative estimate of drug-likeness (QED) is 0.641. The second-order valence-electron chi connectivity index (χ2n) is 5.55. The molecule has 0 aliphatic carbocycles. The zero-order valence-corrected chi connectivity index (χ0v) is 14.3. The first-order valence-electron chi connectivity index (χ1n) is 7.47. The van der Waals surface area contributed by atoms with Crippen LogP contribution < -0.4 is 11.3 Å². The Bertz CT molecular complexity index is 407. The molecule has 4 atom stereocenters. The van der Waals surface area contributed by atoms with E-state index in [-0.39, 0.29) is 6.04 Å². The van der Waals surface area contributed by atoms with Gasteiger partial charge in [0, 0.05) is 21.5 Å². The van der Waals surface area contributed by atoms with Crippen molar-refractivity contribution in [1.82, 2.24) is 5.43 Å². The first kappa shape index (κ1) is 16.2. The van der Waals surface area contributed by atoms with Gasteiger partial charge >= 0.3 is 0 Å². The van der Waals surface area contributed by atoms with Crippen molar-refractivity contribution in [2.24, 2.45) is 5.84 Å². The molecule has 2 rings (SSSR count). The molecule has 0 radical (unpaired) electrons. The fourth-order valence-electron chi connectivity index (χ4n) is 2.58. The number of hydrogen-bond donors (Lipinski definition) is 2. The summed E-state index contributed by atoms with van der Waals surface area (Å²) < 4.78 is 0. The van der Waals surface area contributed by atoms with Gasteiger partial charge in [0.15, 0.2) is 0 Å². The van der Waals surface area contributed by atoms with Crippen molar-refractivity contribution < 1.29 is 0 Å². The molecule has 1 heterocycles. The molecule has 2 nitrogen and oxygen atoms in total. The number of aryl methyl sites for hydroxylation is 1. The molecule has 0 spiro atoms. The lowest BCUT2D eigenvalue weighted by Gasteiger charge is -2.35. The van der Waals surface area contributed by atoms with Crippen molar-refractivity contribution >= 4 is 23.5 Å². The van der Waals surface area contributed by atoms with E-state index in [0.717, 1.165) is 11.7 Å². The van der Waals surface area contributed by atoms with Gasteiger partial charge in [0.1, 0.15) is 0 Å². The number of hydrazine groups is 1. The molecule has 1 aliphatic rings. The highest BCUT2D eigenvalue weighted by atomic mass is 32.2. The Labute approximate surface area is 131 Å². The number of nitrogens with one attached hydrogen (secondary N) is 1. The van der Waals surface area contributed by atoms with Crippen molar-refractivity contribution in [2.75, 3.05) is 5.75 Å². The van der Waals surface area contributed by atoms with Gasteiger partial charge in [0.25, 0.3) is 0 Å². The second kappa shape index (κ2) is 7.74. The Hall–Kier alpha value is -0.160. The van der Waals surface area contributed by atoms with Crippen molar-refractivity contribution in [2.45, 2.75) is 55.4 Å². The van der Waals surface area contributed by atoms with E-state index in [1.54, 1.807) is 0 Å². The van der Waals surface area contributed by atoms with Crippen LogP contribution in [0, 0.1) is 0 Å². The second-order valence-corrected chi connectivity index (χ2v) is 8.59. The summed E-state index contributed by atoms with van der Waals surface area (Å²) in [5.74, 6) is 7.01. The highest BCUT2D eigenvalue weighted by molar-refractivity contribution is 8.07. The zero-order valence-electron chi connectivity index (χ0n) is 12.6. The van der Waals surface area contributed by atoms with Gasteiger partial charge in [-0.25, -0.2) is 0 Å². The maximum absolute atomic E-state index is 5.84. The predicted octanol–water partition coefficient (Wildman–Crippen LogP) is 3.77. The molecular weight excluding hydrogens is 284 g/mol. The summed E-state index contributed by atoms with van der Waals surface area (Å²) in [5.41, 5.74) is 5.77. The molecule has 1 aromatic rings. The van der Waals surface area contributed by atoms with E-state index in [4.69, 9.17) is 5.84 Å². The average molecular weight is 311 g/mol. The molecule has 4 heteroatoms. The molecule has 20 heavy (non-hydrogen) atoms. The minimum absolute atomic E-state index is 0.248. The first-order chi connectivity index (χ1) is 9.65. The molecule has 1 fully saturated rings. The fourth-order valence-corrected chi connectivity index (χ4v) is 5.68. The lowest BCUT2D eigenvalue weighted by molar-refractivity contribution is 0.549. The molecule has 112 valence electrons. The summed E-state index contributed by atoms with van der Waals surface area (Å²) >= 11 is 4.14. The highest BCUT2D eigenvalue weighted by Gasteiger charge is 2.31. The van der Waals surface area contributed by atoms with Gasteiger partial charge < -0.3 is 0 Å². The number of rotatable bonds is 5. The van der Waals surface area contributed by atoms with Gasteiger partial charge in [0.05, 0.1) is 6.04 Å². The lowest BCUT2D eigenvalue weighted by atomic mass is 10.0. The van der Waals surface area contributed by atoms with Crippen molar-refractivity contribution in [1.29, 1.82) is 0 Å². The lowest BCUT2D eigenvalue weighted by Crippen LogP contribution is -2.40. The van der Waals surface area contributed by atoms with Gasteiger partial charge in [-0.2, -0.15) is 23.5 Å². The predicted molar refractivity (Wildman–Crippen MR) is 93.3 cm³/mol. The van der Waals surface area contributed by atoms with Gasteiger partial charge in [-0.15, -0.1) is 0 Å². The van der Waals surface area contributed by atoms with E-state index in [1.807, 2.05) is 0 Å². The molecule has 0 amide bonds. The Kier molecular flexibility index (Phi) is 6.27. The minimum Gasteiger partial charge on any atom is -0.271 e. The molecule has 0 aromatic heterocycles. The van der Waals surface area contributed by atoms with E-state index in [0.29, 0.717) is 10.5 Å². The SMILES string of the molecule is CCCc1ccc(C(NN)C2CSC(C)C(C)S2)cc1. The van der Waals surface area contributed by atoms with E-state index in [1.165, 1.54) is 23.3 Å². The van der Waals surface area contributed by atoms with E-state index in [9.17, 15) is 0 Å². The summed E-state index contributed by atoms with van der Waals surface area (Å²) in [6, 6.07) is 9.22. The van der Waals surface area contributed by atoms with Crippen LogP contribution in [0.1, 0.15) is 44.4 Å². The summed E-state index contributed by atoms with van der Waals surface area (Å²) in [5, 5.41) is 1.98. The van der Waals surface area contributed by atoms with E-state index < -0.39 is 0 Å². The molecular formula is C16H26N2S2. The number of benzene rings is 1. The van der Waals surface area contributed by atoms with Crippen molar-refractivity contribution in [3.8, 4) is 0 Å². The Balaban J connectivity index is 2.07. The van der Waals surface area contributed by atoms with Gasteiger partial charge in [-0.05, 0) is 17.5 Å². The van der Waals surface area contributed by atoms with Crippen molar-refractivity contribution in [3.63, 3.8) is 0 Å². The van der Waals surface area contributed by atoms with Crippen LogP contribution in [0.2, 0.25) is 0 Å². The summed E-state index contributed by atoms with van der Waals surface area (Å²) in [7, 11) is 0. The Morgan fingerprint density at radius 3 is 2.50 bits per heavy atom. The molecule has 4 unspecified atom stereocenters. The molecule has 0 bridgehead atoms. The van der Waals surface area contributed by atoms with Crippen LogP contribution in [0.15, 0.2) is 24.3 Å².